The van der Waals surface area contributed by atoms with E-state index in [1.54, 1.807) is 6.20 Å². The maximum Gasteiger partial charge on any atom is 1.00 e. The number of thiazole rings is 2. The molecule has 0 spiro atoms. The Morgan fingerprint density at radius 3 is 2.92 bits per heavy atom. The number of halogens is 1. The molecule has 0 unspecified atom stereocenters. The molecule has 0 radical (unpaired) electrons. The summed E-state index contributed by atoms with van der Waals surface area (Å²) >= 11 is 3.50. The van der Waals surface area contributed by atoms with E-state index in [9.17, 15) is 24.2 Å². The number of alkyl halides is 1. The first-order chi connectivity index (χ1) is 17.9. The predicted molar refractivity (Wildman–Crippen MR) is 132 cm³/mol. The Hall–Kier alpha value is -2.70. The third-order valence-electron chi connectivity index (χ3n) is 5.37. The number of oxime groups is 1. The van der Waals surface area contributed by atoms with Crippen LogP contribution in [0.4, 0.5) is 9.52 Å². The minimum Gasteiger partial charge on any atom is -0.857 e. The van der Waals surface area contributed by atoms with Gasteiger partial charge >= 0.3 is 35.5 Å². The van der Waals surface area contributed by atoms with E-state index in [4.69, 9.17) is 10.6 Å². The smallest absolute Gasteiger partial charge is 0.857 e. The van der Waals surface area contributed by atoms with Gasteiger partial charge in [-0.05, 0) is 12.8 Å². The van der Waals surface area contributed by atoms with Gasteiger partial charge in [-0.25, -0.2) is 29.1 Å². The Labute approximate surface area is 248 Å². The van der Waals surface area contributed by atoms with E-state index in [1.807, 2.05) is 0 Å². The summed E-state index contributed by atoms with van der Waals surface area (Å²) in [5.74, 6) is -2.81. The van der Waals surface area contributed by atoms with Gasteiger partial charge in [0.2, 0.25) is 0 Å². The number of aliphatic carboxylic acids is 1. The second kappa shape index (κ2) is 12.0. The zero-order valence-corrected chi connectivity index (χ0v) is 24.1. The molecule has 18 heteroatoms. The Bertz CT molecular complexity index is 1440. The average molecular weight is 587 g/mol. The number of carboxylic acids is 1. The van der Waals surface area contributed by atoms with Gasteiger partial charge in [-0.1, -0.05) is 28.3 Å². The van der Waals surface area contributed by atoms with Crippen LogP contribution in [0, 0.1) is 0 Å². The fourth-order valence-electron chi connectivity index (χ4n) is 3.83. The number of fused-ring (bicyclic) bond motifs is 2. The largest absolute Gasteiger partial charge is 1.00 e. The van der Waals surface area contributed by atoms with E-state index in [1.165, 1.54) is 23.0 Å². The number of amides is 1. The minimum absolute atomic E-state index is 0. The molecule has 1 amide bonds. The first-order valence-electron chi connectivity index (χ1n) is 10.6. The molecule has 5 rings (SSSR count). The molecule has 5 heterocycles. The van der Waals surface area contributed by atoms with Crippen molar-refractivity contribution in [1.82, 2.24) is 24.8 Å². The molecular formula is C20H16FN8NaO5S3. The molecule has 2 aliphatic rings. The van der Waals surface area contributed by atoms with Crippen LogP contribution in [0.15, 0.2) is 43.0 Å². The van der Waals surface area contributed by atoms with Gasteiger partial charge in [-0.2, -0.15) is 0 Å². The number of anilines is 1. The number of nitrogens with two attached hydrogens (primary N) is 1. The molecule has 2 atom stereocenters. The van der Waals surface area contributed by atoms with Gasteiger partial charge in [0, 0.05) is 16.2 Å². The zero-order valence-electron chi connectivity index (χ0n) is 19.6. The van der Waals surface area contributed by atoms with Gasteiger partial charge in [0.05, 0.1) is 12.2 Å². The number of aliphatic imine (C=N–C) groups is 1. The SMILES string of the molecule is Nc1nc(/C(=N\OCCF)C([O-])=N[C@@H]2C(=O)N3C(C(=O)O)=C(Sc4nc5cncnc5s4)CC[C@H]23)cs1.[Na+]. The van der Waals surface area contributed by atoms with E-state index in [-0.39, 0.29) is 58.4 Å². The molecule has 0 bridgehead atoms. The van der Waals surface area contributed by atoms with E-state index < -0.39 is 36.5 Å². The zero-order chi connectivity index (χ0) is 26.1. The van der Waals surface area contributed by atoms with Crippen molar-refractivity contribution in [3.8, 4) is 0 Å². The Morgan fingerprint density at radius 2 is 2.24 bits per heavy atom. The Morgan fingerprint density at radius 1 is 1.42 bits per heavy atom. The van der Waals surface area contributed by atoms with Crippen molar-refractivity contribution in [2.24, 2.45) is 10.1 Å². The van der Waals surface area contributed by atoms with Crippen molar-refractivity contribution >= 4 is 73.4 Å². The van der Waals surface area contributed by atoms with Crippen LogP contribution in [-0.4, -0.2) is 78.8 Å². The number of rotatable bonds is 9. The van der Waals surface area contributed by atoms with Crippen LogP contribution in [0.25, 0.3) is 10.3 Å². The fourth-order valence-corrected chi connectivity index (χ4v) is 6.55. The number of carbonyl (C=O) groups excluding carboxylic acids is 1. The van der Waals surface area contributed by atoms with Crippen molar-refractivity contribution in [3.63, 3.8) is 0 Å². The standard InChI is InChI=1S/C20H17FN8O5S3.Na/c21-3-4-34-28-12(9-6-35-19(22)25-9)15(30)27-13-10-1-2-11(14(18(32)33)29(10)17(13)31)36-20-26-8-5-23-7-24-16(8)37-20;/h5-7,10,13H,1-4H2,(H2,22,25)(H,27,30)(H,32,33);/q;+1/p-1/b28-12+;/t10-,13+;/m1./s1. The van der Waals surface area contributed by atoms with Gasteiger partial charge < -0.3 is 20.8 Å². The molecule has 2 aliphatic heterocycles. The van der Waals surface area contributed by atoms with Crippen LogP contribution in [0.3, 0.4) is 0 Å². The summed E-state index contributed by atoms with van der Waals surface area (Å²) in [4.78, 5) is 52.7. The molecule has 0 aliphatic carbocycles. The Balaban J connectivity index is 0.00000336. The number of carboxylic acid groups (broad SMARTS) is 1. The number of thioether (sulfide) groups is 1. The molecule has 3 N–H and O–H groups in total. The van der Waals surface area contributed by atoms with Crippen molar-refractivity contribution in [2.45, 2.75) is 29.3 Å². The first kappa shape index (κ1) is 28.3. The van der Waals surface area contributed by atoms with Gasteiger partial charge in [0.1, 0.15) is 53.1 Å². The summed E-state index contributed by atoms with van der Waals surface area (Å²) in [7, 11) is 0. The second-order valence-corrected chi connectivity index (χ2v) is 10.8. The number of hydrogen-bond acceptors (Lipinski definition) is 14. The minimum atomic E-state index is -1.27. The number of allylic oxidation sites excluding steroid dienone is 1. The molecule has 192 valence electrons. The number of nitrogens with zero attached hydrogens (tertiary/aromatic N) is 7. The molecule has 1 fully saturated rings. The number of hydrogen-bond donors (Lipinski definition) is 2. The average Bonchev–Trinajstić information content (AvgIpc) is 3.50. The van der Waals surface area contributed by atoms with Crippen molar-refractivity contribution in [1.29, 1.82) is 0 Å². The maximum absolute atomic E-state index is 13.0. The van der Waals surface area contributed by atoms with Crippen molar-refractivity contribution in [2.75, 3.05) is 19.0 Å². The van der Waals surface area contributed by atoms with Gasteiger partial charge in [-0.3, -0.25) is 14.7 Å². The predicted octanol–water partition coefficient (Wildman–Crippen LogP) is -1.96. The number of carbonyl (C=O) groups is 2. The molecule has 3 aromatic heterocycles. The van der Waals surface area contributed by atoms with Crippen LogP contribution in [0.2, 0.25) is 0 Å². The second-order valence-electron chi connectivity index (χ2n) is 7.60. The van der Waals surface area contributed by atoms with E-state index in [2.05, 4.69) is 30.1 Å². The topological polar surface area (TPSA) is 192 Å². The van der Waals surface area contributed by atoms with Gasteiger partial charge in [-0.15, -0.1) is 11.3 Å². The van der Waals surface area contributed by atoms with E-state index >= 15 is 0 Å². The molecule has 38 heavy (non-hydrogen) atoms. The summed E-state index contributed by atoms with van der Waals surface area (Å²) in [5, 5.41) is 28.1. The molecule has 13 nitrogen and oxygen atoms in total. The van der Waals surface area contributed by atoms with Crippen LogP contribution in [-0.2, 0) is 14.4 Å². The van der Waals surface area contributed by atoms with Crippen LogP contribution < -0.4 is 40.4 Å². The summed E-state index contributed by atoms with van der Waals surface area (Å²) in [6, 6.07) is -1.73. The monoisotopic (exact) mass is 586 g/mol. The normalized spacial score (nSPS) is 19.7. The van der Waals surface area contributed by atoms with Crippen LogP contribution >= 0.6 is 34.4 Å². The van der Waals surface area contributed by atoms with Crippen LogP contribution in [0.1, 0.15) is 18.5 Å². The molecular weight excluding hydrogens is 570 g/mol. The number of β-lactam (4-membered cyclic amide) rings is 1. The fraction of sp³-hybridized carbons (Fsp3) is 0.300. The summed E-state index contributed by atoms with van der Waals surface area (Å²) < 4.78 is 13.0. The van der Waals surface area contributed by atoms with Crippen molar-refractivity contribution < 1.29 is 58.6 Å². The Kier molecular flexibility index (Phi) is 8.94. The molecule has 0 aromatic carbocycles. The third-order valence-corrected chi connectivity index (χ3v) is 8.23. The van der Waals surface area contributed by atoms with Crippen molar-refractivity contribution in [3.05, 3.63) is 34.2 Å². The number of aromatic nitrogens is 4. The molecule has 0 saturated carbocycles. The van der Waals surface area contributed by atoms with Crippen LogP contribution in [0.5, 0.6) is 0 Å². The maximum atomic E-state index is 13.0. The summed E-state index contributed by atoms with van der Waals surface area (Å²) in [6.07, 6.45) is 3.68. The summed E-state index contributed by atoms with van der Waals surface area (Å²) in [6.45, 7) is -1.21. The third kappa shape index (κ3) is 5.52. The molecule has 1 saturated heterocycles. The first-order valence-corrected chi connectivity index (χ1v) is 13.1. The quantitative estimate of drug-likeness (QED) is 0.0706. The van der Waals surface area contributed by atoms with E-state index in [0.29, 0.717) is 32.4 Å². The van der Waals surface area contributed by atoms with Gasteiger partial charge in [0.15, 0.2) is 9.47 Å². The number of nitrogen functional groups attached to an aromatic ring is 1. The molecule has 3 aromatic rings. The van der Waals surface area contributed by atoms with E-state index in [0.717, 1.165) is 28.0 Å². The van der Waals surface area contributed by atoms with Gasteiger partial charge in [0.25, 0.3) is 5.91 Å². The summed E-state index contributed by atoms with van der Waals surface area (Å²) in [5.41, 5.74) is 5.81.